The molecule has 0 atom stereocenters. The van der Waals surface area contributed by atoms with Gasteiger partial charge in [-0.2, -0.15) is 5.26 Å². The van der Waals surface area contributed by atoms with Crippen LogP contribution in [0, 0.1) is 11.3 Å². The predicted octanol–water partition coefficient (Wildman–Crippen LogP) is 5.78. The van der Waals surface area contributed by atoms with Gasteiger partial charge in [-0.3, -0.25) is 4.98 Å². The summed E-state index contributed by atoms with van der Waals surface area (Å²) in [7, 11) is -2.65. The molecule has 2 heterocycles. The highest BCUT2D eigenvalue weighted by Gasteiger charge is 2.48. The summed E-state index contributed by atoms with van der Waals surface area (Å²) >= 11 is 0. The Morgan fingerprint density at radius 3 is 1.55 bits per heavy atom. The molecule has 0 aliphatic carbocycles. The zero-order valence-electron chi connectivity index (χ0n) is 21.8. The minimum Gasteiger partial charge on any atom is -0.310 e. The largest absolute Gasteiger partial charge is 0.310 e. The summed E-state index contributed by atoms with van der Waals surface area (Å²) in [6, 6.07) is 54.2. The second-order valence-corrected chi connectivity index (χ2v) is 13.6. The molecular formula is C36H25N3Si. The highest BCUT2D eigenvalue weighted by Crippen LogP contribution is 2.42. The van der Waals surface area contributed by atoms with Gasteiger partial charge < -0.3 is 4.90 Å². The topological polar surface area (TPSA) is 39.9 Å². The molecule has 5 aromatic carbocycles. The number of para-hydroxylation sites is 3. The van der Waals surface area contributed by atoms with Gasteiger partial charge in [-0.25, -0.2) is 0 Å². The molecule has 0 bridgehead atoms. The molecular weight excluding hydrogens is 503 g/mol. The van der Waals surface area contributed by atoms with Crippen molar-refractivity contribution in [3.63, 3.8) is 0 Å². The summed E-state index contributed by atoms with van der Waals surface area (Å²) in [5, 5.41) is 14.8. The first kappa shape index (κ1) is 23.8. The van der Waals surface area contributed by atoms with E-state index in [9.17, 15) is 5.26 Å². The van der Waals surface area contributed by atoms with Gasteiger partial charge in [0.05, 0.1) is 16.9 Å². The molecule has 0 spiro atoms. The minimum absolute atomic E-state index is 0.552. The lowest BCUT2D eigenvalue weighted by molar-refractivity contribution is 1.26. The van der Waals surface area contributed by atoms with E-state index in [-0.39, 0.29) is 0 Å². The van der Waals surface area contributed by atoms with Crippen LogP contribution in [0.3, 0.4) is 0 Å². The Morgan fingerprint density at radius 2 is 1.02 bits per heavy atom. The van der Waals surface area contributed by atoms with Crippen LogP contribution in [-0.2, 0) is 0 Å². The Morgan fingerprint density at radius 1 is 0.525 bits per heavy atom. The molecule has 1 aromatic heterocycles. The maximum atomic E-state index is 9.32. The van der Waals surface area contributed by atoms with Gasteiger partial charge in [0.15, 0.2) is 8.07 Å². The molecule has 1 aliphatic rings. The van der Waals surface area contributed by atoms with Crippen molar-refractivity contribution in [2.24, 2.45) is 0 Å². The first-order chi connectivity index (χ1) is 19.8. The smallest absolute Gasteiger partial charge is 0.184 e. The molecule has 6 aromatic rings. The van der Waals surface area contributed by atoms with E-state index in [1.807, 2.05) is 18.2 Å². The first-order valence-corrected chi connectivity index (χ1v) is 15.4. The van der Waals surface area contributed by atoms with E-state index in [2.05, 4.69) is 143 Å². The van der Waals surface area contributed by atoms with E-state index in [0.717, 1.165) is 16.9 Å². The average molecular weight is 528 g/mol. The van der Waals surface area contributed by atoms with Crippen LogP contribution in [0.1, 0.15) is 5.56 Å². The standard InChI is InChI=1S/C36H25N3Si/c37-25-27-23-24-31(38-26-27)30-17-7-8-18-32(30)39-33-19-9-11-21-35(33)40(28-13-3-1-4-14-28,29-15-5-2-6-16-29)36-22-12-10-20-34(36)39/h1-24,26H. The highest BCUT2D eigenvalue weighted by atomic mass is 28.3. The molecule has 4 heteroatoms. The predicted molar refractivity (Wildman–Crippen MR) is 166 cm³/mol. The molecule has 0 unspecified atom stereocenters. The number of aromatic nitrogens is 1. The van der Waals surface area contributed by atoms with Crippen LogP contribution in [0.15, 0.2) is 152 Å². The van der Waals surface area contributed by atoms with Gasteiger partial charge in [-0.15, -0.1) is 0 Å². The average Bonchev–Trinajstić information content (AvgIpc) is 3.04. The van der Waals surface area contributed by atoms with Crippen molar-refractivity contribution in [1.82, 2.24) is 4.98 Å². The molecule has 188 valence electrons. The molecule has 0 saturated carbocycles. The van der Waals surface area contributed by atoms with Crippen molar-refractivity contribution in [3.8, 4) is 17.3 Å². The summed E-state index contributed by atoms with van der Waals surface area (Å²) in [5.74, 6) is 0. The quantitative estimate of drug-likeness (QED) is 0.273. The van der Waals surface area contributed by atoms with E-state index >= 15 is 0 Å². The van der Waals surface area contributed by atoms with Gasteiger partial charge >= 0.3 is 0 Å². The third-order valence-electron chi connectivity index (χ3n) is 7.83. The molecule has 1 aliphatic heterocycles. The fourth-order valence-corrected chi connectivity index (χ4v) is 11.3. The zero-order chi connectivity index (χ0) is 26.9. The van der Waals surface area contributed by atoms with E-state index in [4.69, 9.17) is 0 Å². The molecule has 0 radical (unpaired) electrons. The Bertz CT molecular complexity index is 1770. The van der Waals surface area contributed by atoms with Crippen molar-refractivity contribution in [1.29, 1.82) is 5.26 Å². The normalized spacial score (nSPS) is 13.1. The first-order valence-electron chi connectivity index (χ1n) is 13.4. The van der Waals surface area contributed by atoms with Crippen LogP contribution >= 0.6 is 0 Å². The Hall–Kier alpha value is -5.24. The van der Waals surface area contributed by atoms with Crippen LogP contribution in [0.25, 0.3) is 11.3 Å². The number of fused-ring (bicyclic) bond motifs is 2. The number of pyridine rings is 1. The third kappa shape index (κ3) is 3.60. The summed E-state index contributed by atoms with van der Waals surface area (Å²) in [6.07, 6.45) is 1.65. The molecule has 0 N–H and O–H groups in total. The maximum Gasteiger partial charge on any atom is 0.184 e. The van der Waals surface area contributed by atoms with E-state index in [1.165, 1.54) is 32.1 Å². The molecule has 0 saturated heterocycles. The lowest BCUT2D eigenvalue weighted by Crippen LogP contribution is -2.77. The van der Waals surface area contributed by atoms with E-state index in [0.29, 0.717) is 5.56 Å². The van der Waals surface area contributed by atoms with Crippen molar-refractivity contribution in [3.05, 3.63) is 157 Å². The lowest BCUT2D eigenvalue weighted by atomic mass is 10.1. The summed E-state index contributed by atoms with van der Waals surface area (Å²) in [4.78, 5) is 7.07. The molecule has 3 nitrogen and oxygen atoms in total. The van der Waals surface area contributed by atoms with Crippen LogP contribution in [0.2, 0.25) is 0 Å². The number of anilines is 3. The van der Waals surface area contributed by atoms with Gasteiger partial charge in [0.1, 0.15) is 6.07 Å². The Kier molecular flexibility index (Phi) is 5.85. The van der Waals surface area contributed by atoms with E-state index in [1.54, 1.807) is 6.20 Å². The second-order valence-electron chi connectivity index (χ2n) is 9.91. The summed E-state index contributed by atoms with van der Waals surface area (Å²) in [5.41, 5.74) is 5.83. The van der Waals surface area contributed by atoms with Crippen molar-refractivity contribution in [2.45, 2.75) is 0 Å². The minimum atomic E-state index is -2.65. The zero-order valence-corrected chi connectivity index (χ0v) is 22.8. The molecule has 40 heavy (non-hydrogen) atoms. The van der Waals surface area contributed by atoms with Crippen molar-refractivity contribution >= 4 is 45.9 Å². The van der Waals surface area contributed by atoms with Gasteiger partial charge in [-0.1, -0.05) is 115 Å². The number of nitriles is 1. The van der Waals surface area contributed by atoms with Crippen molar-refractivity contribution < 1.29 is 0 Å². The maximum absolute atomic E-state index is 9.32. The second kappa shape index (κ2) is 9.81. The van der Waals surface area contributed by atoms with Crippen LogP contribution < -0.4 is 25.6 Å². The number of hydrogen-bond donors (Lipinski definition) is 0. The highest BCUT2D eigenvalue weighted by molar-refractivity contribution is 7.21. The van der Waals surface area contributed by atoms with Crippen molar-refractivity contribution in [2.75, 3.05) is 4.90 Å². The lowest BCUT2D eigenvalue weighted by Gasteiger charge is -2.45. The summed E-state index contributed by atoms with van der Waals surface area (Å²) < 4.78 is 0. The fourth-order valence-electron chi connectivity index (χ4n) is 6.18. The Labute approximate surface area is 235 Å². The molecule has 0 amide bonds. The fraction of sp³-hybridized carbons (Fsp3) is 0. The van der Waals surface area contributed by atoms with Gasteiger partial charge in [-0.05, 0) is 51.1 Å². The summed E-state index contributed by atoms with van der Waals surface area (Å²) in [6.45, 7) is 0. The van der Waals surface area contributed by atoms with E-state index < -0.39 is 8.07 Å². The number of nitrogens with zero attached hydrogens (tertiary/aromatic N) is 3. The number of rotatable bonds is 4. The SMILES string of the molecule is N#Cc1ccc(-c2ccccc2N2c3ccccc3[Si](c3ccccc3)(c3ccccc3)c3ccccc32)nc1. The third-order valence-corrected chi connectivity index (χ3v) is 12.7. The van der Waals surface area contributed by atoms with Gasteiger partial charge in [0.2, 0.25) is 0 Å². The Balaban J connectivity index is 1.56. The monoisotopic (exact) mass is 527 g/mol. The molecule has 7 rings (SSSR count). The van der Waals surface area contributed by atoms with Crippen LogP contribution in [-0.4, -0.2) is 13.1 Å². The van der Waals surface area contributed by atoms with Crippen LogP contribution in [0.4, 0.5) is 17.1 Å². The number of benzene rings is 5. The number of hydrogen-bond acceptors (Lipinski definition) is 3. The van der Waals surface area contributed by atoms with Crippen LogP contribution in [0.5, 0.6) is 0 Å². The van der Waals surface area contributed by atoms with Gasteiger partial charge in [0.25, 0.3) is 0 Å². The van der Waals surface area contributed by atoms with Gasteiger partial charge in [0, 0.05) is 23.1 Å². The molecule has 0 fully saturated rings.